The van der Waals surface area contributed by atoms with E-state index in [0.717, 1.165) is 38.0 Å². The quantitative estimate of drug-likeness (QED) is 0.0440. The average Bonchev–Trinajstić information content (AvgIpc) is 2.99. The van der Waals surface area contributed by atoms with Crippen LogP contribution in [0.4, 0.5) is 0 Å². The number of carbonyl (C=O) groups excluding carboxylic acids is 1. The summed E-state index contributed by atoms with van der Waals surface area (Å²) in [6.45, 7) is 6.48. The molecule has 0 aromatic carbocycles. The molecule has 0 saturated carbocycles. The van der Waals surface area contributed by atoms with E-state index in [1.165, 1.54) is 135 Å². The Kier molecular flexibility index (Phi) is 31.8. The number of aliphatic hydroxyl groups excluding tert-OH is 3. The molecule has 0 aliphatic carbocycles. The van der Waals surface area contributed by atoms with Crippen molar-refractivity contribution in [2.24, 2.45) is 5.92 Å². The van der Waals surface area contributed by atoms with Crippen molar-refractivity contribution in [3.05, 3.63) is 12.2 Å². The third kappa shape index (κ3) is 29.6. The van der Waals surface area contributed by atoms with E-state index in [-0.39, 0.29) is 6.61 Å². The standard InChI is InChI=1S/C38H75NO4/c1-4-5-6-7-8-9-10-11-12-13-14-15-16-19-23-26-29-32-37(42)38(43)39-35(33-40)36(41)31-28-25-22-20-17-18-21-24-27-30-34(2)3/h28,31,34-37,40-42H,4-27,29-30,32-33H2,1-3H3,(H,39,43)/b31-28+/t35-,36+,37?/m0/s1. The zero-order valence-electron chi connectivity index (χ0n) is 29.0. The Labute approximate surface area is 268 Å². The molecule has 0 aliphatic rings. The van der Waals surface area contributed by atoms with Crippen LogP contribution in [0.25, 0.3) is 0 Å². The summed E-state index contributed by atoms with van der Waals surface area (Å²) < 4.78 is 0. The molecule has 4 N–H and O–H groups in total. The Morgan fingerprint density at radius 2 is 1.00 bits per heavy atom. The lowest BCUT2D eigenvalue weighted by Crippen LogP contribution is -2.48. The number of carbonyl (C=O) groups is 1. The van der Waals surface area contributed by atoms with Crippen LogP contribution in [-0.4, -0.2) is 46.1 Å². The summed E-state index contributed by atoms with van der Waals surface area (Å²) in [6, 6.07) is -0.792. The molecule has 1 unspecified atom stereocenters. The molecule has 0 bridgehead atoms. The summed E-state index contributed by atoms with van der Waals surface area (Å²) in [4.78, 5) is 12.4. The maximum absolute atomic E-state index is 12.4. The van der Waals surface area contributed by atoms with Crippen LogP contribution >= 0.6 is 0 Å². The molecule has 5 heteroatoms. The van der Waals surface area contributed by atoms with Crippen molar-refractivity contribution in [1.29, 1.82) is 0 Å². The number of amides is 1. The summed E-state index contributed by atoms with van der Waals surface area (Å²) in [7, 11) is 0. The highest BCUT2D eigenvalue weighted by molar-refractivity contribution is 5.80. The smallest absolute Gasteiger partial charge is 0.249 e. The highest BCUT2D eigenvalue weighted by Crippen LogP contribution is 2.15. The minimum absolute atomic E-state index is 0.361. The minimum atomic E-state index is -1.09. The van der Waals surface area contributed by atoms with Crippen molar-refractivity contribution in [2.45, 2.75) is 212 Å². The van der Waals surface area contributed by atoms with Crippen LogP contribution in [0, 0.1) is 5.92 Å². The molecule has 0 aliphatic heterocycles. The molecule has 5 nitrogen and oxygen atoms in total. The molecule has 256 valence electrons. The van der Waals surface area contributed by atoms with E-state index in [4.69, 9.17) is 0 Å². The van der Waals surface area contributed by atoms with E-state index in [1.54, 1.807) is 6.08 Å². The fraction of sp³-hybridized carbons (Fsp3) is 0.921. The largest absolute Gasteiger partial charge is 0.394 e. The molecule has 0 saturated heterocycles. The number of aliphatic hydroxyl groups is 3. The Morgan fingerprint density at radius 3 is 1.42 bits per heavy atom. The van der Waals surface area contributed by atoms with Gasteiger partial charge in [-0.25, -0.2) is 0 Å². The lowest BCUT2D eigenvalue weighted by Gasteiger charge is -2.21. The van der Waals surface area contributed by atoms with Gasteiger partial charge in [0.1, 0.15) is 6.10 Å². The van der Waals surface area contributed by atoms with Gasteiger partial charge < -0.3 is 20.6 Å². The first-order chi connectivity index (χ1) is 20.9. The van der Waals surface area contributed by atoms with Crippen molar-refractivity contribution < 1.29 is 20.1 Å². The van der Waals surface area contributed by atoms with E-state index in [1.807, 2.05) is 6.08 Å². The van der Waals surface area contributed by atoms with Gasteiger partial charge in [-0.15, -0.1) is 0 Å². The molecule has 0 heterocycles. The van der Waals surface area contributed by atoms with Gasteiger partial charge in [-0.05, 0) is 25.2 Å². The topological polar surface area (TPSA) is 89.8 Å². The maximum atomic E-state index is 12.4. The van der Waals surface area contributed by atoms with Gasteiger partial charge in [0.2, 0.25) is 5.91 Å². The lowest BCUT2D eigenvalue weighted by atomic mass is 10.0. The zero-order valence-corrected chi connectivity index (χ0v) is 29.0. The molecule has 43 heavy (non-hydrogen) atoms. The Balaban J connectivity index is 3.70. The molecule has 0 fully saturated rings. The highest BCUT2D eigenvalue weighted by atomic mass is 16.3. The summed E-state index contributed by atoms with van der Waals surface area (Å²) in [6.07, 6.45) is 35.2. The molecular formula is C38H75NO4. The molecule has 1 amide bonds. The van der Waals surface area contributed by atoms with E-state index >= 15 is 0 Å². The van der Waals surface area contributed by atoms with Crippen LogP contribution in [0.5, 0.6) is 0 Å². The van der Waals surface area contributed by atoms with Crippen LogP contribution < -0.4 is 5.32 Å². The predicted octanol–water partition coefficient (Wildman–Crippen LogP) is 9.95. The van der Waals surface area contributed by atoms with Gasteiger partial charge >= 0.3 is 0 Å². The van der Waals surface area contributed by atoms with E-state index in [0.29, 0.717) is 6.42 Å². The number of hydrogen-bond acceptors (Lipinski definition) is 4. The summed E-state index contributed by atoms with van der Waals surface area (Å²) in [5.74, 6) is 0.306. The van der Waals surface area contributed by atoms with Gasteiger partial charge in [0.05, 0.1) is 18.8 Å². The van der Waals surface area contributed by atoms with Gasteiger partial charge in [0, 0.05) is 0 Å². The average molecular weight is 610 g/mol. The van der Waals surface area contributed by atoms with Crippen molar-refractivity contribution in [3.8, 4) is 0 Å². The third-order valence-electron chi connectivity index (χ3n) is 8.81. The number of hydrogen-bond donors (Lipinski definition) is 4. The van der Waals surface area contributed by atoms with Gasteiger partial charge in [-0.3, -0.25) is 4.79 Å². The fourth-order valence-corrected chi connectivity index (χ4v) is 5.78. The van der Waals surface area contributed by atoms with Crippen LogP contribution in [0.3, 0.4) is 0 Å². The minimum Gasteiger partial charge on any atom is -0.394 e. The van der Waals surface area contributed by atoms with Crippen molar-refractivity contribution in [2.75, 3.05) is 6.61 Å². The molecule has 0 spiro atoms. The normalized spacial score (nSPS) is 14.0. The highest BCUT2D eigenvalue weighted by Gasteiger charge is 2.22. The number of rotatable bonds is 33. The predicted molar refractivity (Wildman–Crippen MR) is 185 cm³/mol. The van der Waals surface area contributed by atoms with Crippen molar-refractivity contribution in [3.63, 3.8) is 0 Å². The molecule has 0 aromatic rings. The van der Waals surface area contributed by atoms with Gasteiger partial charge in [-0.1, -0.05) is 187 Å². The van der Waals surface area contributed by atoms with Gasteiger partial charge in [-0.2, -0.15) is 0 Å². The third-order valence-corrected chi connectivity index (χ3v) is 8.81. The summed E-state index contributed by atoms with van der Waals surface area (Å²) in [5, 5.41) is 32.9. The summed E-state index contributed by atoms with van der Waals surface area (Å²) in [5.41, 5.74) is 0. The second-order valence-corrected chi connectivity index (χ2v) is 13.6. The Bertz CT molecular complexity index is 609. The molecule has 0 rings (SSSR count). The van der Waals surface area contributed by atoms with Gasteiger partial charge in [0.25, 0.3) is 0 Å². The second-order valence-electron chi connectivity index (χ2n) is 13.6. The molecule has 3 atom stereocenters. The van der Waals surface area contributed by atoms with E-state index < -0.39 is 24.2 Å². The molecular weight excluding hydrogens is 534 g/mol. The van der Waals surface area contributed by atoms with Gasteiger partial charge in [0.15, 0.2) is 0 Å². The second kappa shape index (κ2) is 32.5. The van der Waals surface area contributed by atoms with E-state index in [9.17, 15) is 20.1 Å². The number of nitrogens with one attached hydrogen (secondary N) is 1. The van der Waals surface area contributed by atoms with Crippen LogP contribution in [-0.2, 0) is 4.79 Å². The van der Waals surface area contributed by atoms with Crippen molar-refractivity contribution >= 4 is 5.91 Å². The SMILES string of the molecule is CCCCCCCCCCCCCCCCCCCC(O)C(=O)N[C@@H](CO)[C@H](O)/C=C/CCCCCCCCCC(C)C. The summed E-state index contributed by atoms with van der Waals surface area (Å²) >= 11 is 0. The Morgan fingerprint density at radius 1 is 0.605 bits per heavy atom. The first kappa shape index (κ1) is 42.1. The Hall–Kier alpha value is -0.910. The van der Waals surface area contributed by atoms with Crippen LogP contribution in [0.15, 0.2) is 12.2 Å². The molecule has 0 radical (unpaired) electrons. The van der Waals surface area contributed by atoms with Crippen molar-refractivity contribution in [1.82, 2.24) is 5.32 Å². The lowest BCUT2D eigenvalue weighted by molar-refractivity contribution is -0.131. The van der Waals surface area contributed by atoms with E-state index in [2.05, 4.69) is 26.1 Å². The van der Waals surface area contributed by atoms with Crippen LogP contribution in [0.1, 0.15) is 194 Å². The maximum Gasteiger partial charge on any atom is 0.249 e. The fourth-order valence-electron chi connectivity index (χ4n) is 5.78. The number of unbranched alkanes of at least 4 members (excludes halogenated alkanes) is 23. The first-order valence-electron chi connectivity index (χ1n) is 18.9. The van der Waals surface area contributed by atoms with Crippen LogP contribution in [0.2, 0.25) is 0 Å². The molecule has 0 aromatic heterocycles. The zero-order chi connectivity index (χ0) is 31.8. The first-order valence-corrected chi connectivity index (χ1v) is 18.9. The monoisotopic (exact) mass is 610 g/mol. The number of allylic oxidation sites excluding steroid dienone is 1.